The van der Waals surface area contributed by atoms with E-state index in [0.717, 1.165) is 0 Å². The molecule has 0 spiro atoms. The first-order valence-electron chi connectivity index (χ1n) is 14.7. The van der Waals surface area contributed by atoms with Crippen LogP contribution in [0.25, 0.3) is 0 Å². The molecule has 1 heterocycles. The summed E-state index contributed by atoms with van der Waals surface area (Å²) in [4.78, 5) is 32.3. The summed E-state index contributed by atoms with van der Waals surface area (Å²) in [6, 6.07) is 25.6. The number of allylic oxidation sites excluding steroid dienone is 1. The van der Waals surface area contributed by atoms with Crippen LogP contribution in [0.5, 0.6) is 11.5 Å². The molecule has 4 rings (SSSR count). The van der Waals surface area contributed by atoms with Gasteiger partial charge >= 0.3 is 11.9 Å². The van der Waals surface area contributed by atoms with Gasteiger partial charge in [-0.05, 0) is 49.7 Å². The zero-order valence-corrected chi connectivity index (χ0v) is 27.4. The van der Waals surface area contributed by atoms with E-state index in [1.54, 1.807) is 38.1 Å². The molecular formula is C35H36Cl3NO6. The third-order valence-electron chi connectivity index (χ3n) is 7.31. The van der Waals surface area contributed by atoms with Gasteiger partial charge < -0.3 is 18.9 Å². The van der Waals surface area contributed by atoms with E-state index in [9.17, 15) is 9.59 Å². The van der Waals surface area contributed by atoms with Crippen molar-refractivity contribution in [3.8, 4) is 11.5 Å². The van der Waals surface area contributed by atoms with Gasteiger partial charge in [0.1, 0.15) is 42.8 Å². The number of ether oxygens (including phenoxy) is 4. The van der Waals surface area contributed by atoms with Gasteiger partial charge in [0.2, 0.25) is 0 Å². The molecule has 0 bridgehead atoms. The van der Waals surface area contributed by atoms with Crippen molar-refractivity contribution in [2.24, 2.45) is 10.9 Å². The number of rotatable bonds is 15. The van der Waals surface area contributed by atoms with E-state index in [0.29, 0.717) is 58.1 Å². The fourth-order valence-corrected chi connectivity index (χ4v) is 5.90. The first kappa shape index (κ1) is 34.4. The molecule has 45 heavy (non-hydrogen) atoms. The summed E-state index contributed by atoms with van der Waals surface area (Å²) in [7, 11) is 0. The molecule has 3 aromatic carbocycles. The van der Waals surface area contributed by atoms with Gasteiger partial charge in [0.05, 0.1) is 5.57 Å². The van der Waals surface area contributed by atoms with Crippen molar-refractivity contribution in [2.45, 2.75) is 44.8 Å². The highest BCUT2D eigenvalue weighted by molar-refractivity contribution is 6.31. The maximum absolute atomic E-state index is 13.8. The lowest BCUT2D eigenvalue weighted by molar-refractivity contribution is -0.149. The van der Waals surface area contributed by atoms with Crippen molar-refractivity contribution in [2.75, 3.05) is 25.0 Å². The predicted molar refractivity (Wildman–Crippen MR) is 178 cm³/mol. The summed E-state index contributed by atoms with van der Waals surface area (Å²) in [5.41, 5.74) is 1.72. The van der Waals surface area contributed by atoms with Crippen LogP contribution in [0.1, 0.15) is 38.2 Å². The molecule has 1 aliphatic rings. The van der Waals surface area contributed by atoms with Crippen molar-refractivity contribution in [3.63, 3.8) is 0 Å². The normalized spacial score (nSPS) is 17.6. The quantitative estimate of drug-likeness (QED) is 0.120. The first-order chi connectivity index (χ1) is 21.8. The molecule has 3 aromatic rings. The molecule has 0 fully saturated rings. The maximum Gasteiger partial charge on any atom is 0.336 e. The molecule has 0 N–H and O–H groups in total. The van der Waals surface area contributed by atoms with E-state index < -0.39 is 36.0 Å². The fourth-order valence-electron chi connectivity index (χ4n) is 5.16. The van der Waals surface area contributed by atoms with Crippen LogP contribution in [0.2, 0.25) is 5.02 Å². The number of esters is 2. The summed E-state index contributed by atoms with van der Waals surface area (Å²) < 4.78 is 23.7. The molecule has 0 aliphatic carbocycles. The zero-order valence-electron chi connectivity index (χ0n) is 25.2. The van der Waals surface area contributed by atoms with Crippen molar-refractivity contribution in [1.82, 2.24) is 0 Å². The number of aliphatic imine (C=N–C) groups is 1. The van der Waals surface area contributed by atoms with Gasteiger partial charge in [-0.3, -0.25) is 9.79 Å². The first-order valence-corrected chi connectivity index (χ1v) is 16.2. The van der Waals surface area contributed by atoms with Crippen LogP contribution in [0, 0.1) is 5.92 Å². The Hall–Kier alpha value is -3.52. The lowest BCUT2D eigenvalue weighted by atomic mass is 9.75. The van der Waals surface area contributed by atoms with Crippen LogP contribution in [0.3, 0.4) is 0 Å². The van der Waals surface area contributed by atoms with Crippen LogP contribution in [-0.4, -0.2) is 54.8 Å². The average molecular weight is 673 g/mol. The van der Waals surface area contributed by atoms with E-state index >= 15 is 0 Å². The molecule has 4 unspecified atom stereocenters. The Balaban J connectivity index is 1.57. The van der Waals surface area contributed by atoms with Crippen LogP contribution in [0.15, 0.2) is 101 Å². The van der Waals surface area contributed by atoms with E-state index in [1.165, 1.54) is 0 Å². The summed E-state index contributed by atoms with van der Waals surface area (Å²) in [6.45, 7) is 3.36. The largest absolute Gasteiger partial charge is 0.487 e. The SMILES string of the molecule is CC1=NC(C)=C(C(=O)OCC(CCCl)Oc2ccccc2)C(c2ccccc2Cl)C1C(=O)OCC(CCCl)Oc1ccccc1. The number of halogens is 3. The minimum atomic E-state index is -0.941. The lowest BCUT2D eigenvalue weighted by Crippen LogP contribution is -2.38. The minimum absolute atomic E-state index is 0.0428. The van der Waals surface area contributed by atoms with Gasteiger partial charge in [-0.1, -0.05) is 66.2 Å². The van der Waals surface area contributed by atoms with Gasteiger partial charge in [0.25, 0.3) is 0 Å². The number of carbonyl (C=O) groups excluding carboxylic acids is 2. The molecule has 10 heteroatoms. The summed E-state index contributed by atoms with van der Waals surface area (Å²) in [6.07, 6.45) is -0.0398. The molecule has 7 nitrogen and oxygen atoms in total. The molecule has 0 aromatic heterocycles. The minimum Gasteiger partial charge on any atom is -0.487 e. The van der Waals surface area contributed by atoms with Gasteiger partial charge in [0, 0.05) is 47.0 Å². The molecule has 0 saturated carbocycles. The Morgan fingerprint density at radius 1 is 0.756 bits per heavy atom. The van der Waals surface area contributed by atoms with Crippen molar-refractivity contribution in [1.29, 1.82) is 0 Å². The van der Waals surface area contributed by atoms with Crippen molar-refractivity contribution < 1.29 is 28.5 Å². The smallest absolute Gasteiger partial charge is 0.336 e. The average Bonchev–Trinajstić information content (AvgIpc) is 3.03. The third-order valence-corrected chi connectivity index (χ3v) is 8.09. The highest BCUT2D eigenvalue weighted by atomic mass is 35.5. The van der Waals surface area contributed by atoms with Gasteiger partial charge in [-0.15, -0.1) is 23.2 Å². The van der Waals surface area contributed by atoms with Crippen LogP contribution >= 0.6 is 34.8 Å². The van der Waals surface area contributed by atoms with Gasteiger partial charge in [0.15, 0.2) is 0 Å². The topological polar surface area (TPSA) is 83.4 Å². The summed E-state index contributed by atoms with van der Waals surface area (Å²) in [5, 5.41) is 0.396. The molecule has 0 amide bonds. The Kier molecular flexibility index (Phi) is 13.2. The maximum atomic E-state index is 13.8. The third kappa shape index (κ3) is 9.49. The number of hydrogen-bond donors (Lipinski definition) is 0. The highest BCUT2D eigenvalue weighted by Gasteiger charge is 2.43. The van der Waals surface area contributed by atoms with Crippen LogP contribution in [-0.2, 0) is 19.1 Å². The molecule has 4 atom stereocenters. The van der Waals surface area contributed by atoms with Gasteiger partial charge in [-0.25, -0.2) is 4.79 Å². The second kappa shape index (κ2) is 17.2. The second-order valence-corrected chi connectivity index (χ2v) is 11.7. The summed E-state index contributed by atoms with van der Waals surface area (Å²) >= 11 is 18.7. The Morgan fingerprint density at radius 2 is 1.27 bits per heavy atom. The zero-order chi connectivity index (χ0) is 32.2. The number of nitrogens with zero attached hydrogens (tertiary/aromatic N) is 1. The van der Waals surface area contributed by atoms with E-state index in [2.05, 4.69) is 4.99 Å². The molecule has 1 aliphatic heterocycles. The van der Waals surface area contributed by atoms with Crippen molar-refractivity contribution in [3.05, 3.63) is 107 Å². The fraction of sp³-hybridized carbons (Fsp3) is 0.343. The molecule has 238 valence electrons. The number of hydrogen-bond acceptors (Lipinski definition) is 7. The Morgan fingerprint density at radius 3 is 1.80 bits per heavy atom. The number of carbonyl (C=O) groups is 2. The second-order valence-electron chi connectivity index (χ2n) is 10.5. The number of benzene rings is 3. The number of alkyl halides is 2. The standard InChI is InChI=1S/C35H36Cl3NO6/c1-23-31(34(40)42-21-27(17-19-36)44-25-11-5-3-6-12-25)33(29-15-9-10-16-30(29)38)32(24(2)39-23)35(41)43-22-28(18-20-37)45-26-13-7-4-8-14-26/h3-16,27-28,31,33H,17-22H2,1-2H3. The van der Waals surface area contributed by atoms with Gasteiger partial charge in [-0.2, -0.15) is 0 Å². The van der Waals surface area contributed by atoms with E-state index in [-0.39, 0.29) is 18.8 Å². The highest BCUT2D eigenvalue weighted by Crippen LogP contribution is 2.42. The number of para-hydroxylation sites is 2. The Labute approximate surface area is 279 Å². The lowest BCUT2D eigenvalue weighted by Gasteiger charge is -2.32. The predicted octanol–water partition coefficient (Wildman–Crippen LogP) is 8.03. The molecular weight excluding hydrogens is 637 g/mol. The van der Waals surface area contributed by atoms with Crippen LogP contribution in [0.4, 0.5) is 0 Å². The monoisotopic (exact) mass is 671 g/mol. The molecule has 0 radical (unpaired) electrons. The van der Waals surface area contributed by atoms with Crippen LogP contribution < -0.4 is 9.47 Å². The van der Waals surface area contributed by atoms with E-state index in [4.69, 9.17) is 53.8 Å². The van der Waals surface area contributed by atoms with E-state index in [1.807, 2.05) is 60.7 Å². The van der Waals surface area contributed by atoms with Crippen molar-refractivity contribution >= 4 is 52.5 Å². The Bertz CT molecular complexity index is 1480. The molecule has 0 saturated heterocycles. The summed E-state index contributed by atoms with van der Waals surface area (Å²) in [5.74, 6) is -1.04.